The first kappa shape index (κ1) is 17.9. The Morgan fingerprint density at radius 3 is 2.54 bits per heavy atom. The van der Waals surface area contributed by atoms with Crippen LogP contribution in [0.5, 0.6) is 5.75 Å². The van der Waals surface area contributed by atoms with Crippen molar-refractivity contribution in [3.63, 3.8) is 0 Å². The molecule has 0 saturated heterocycles. The summed E-state index contributed by atoms with van der Waals surface area (Å²) in [7, 11) is -3.87. The fraction of sp³-hybridized carbons (Fsp3) is 0.0588. The number of carbonyl (C=O) groups is 1. The number of aromatic nitrogens is 1. The molecule has 9 heteroatoms. The number of rotatable bonds is 6. The van der Waals surface area contributed by atoms with E-state index in [0.717, 1.165) is 11.3 Å². The summed E-state index contributed by atoms with van der Waals surface area (Å²) in [4.78, 5) is 11.1. The van der Waals surface area contributed by atoms with E-state index in [1.807, 2.05) is 0 Å². The van der Waals surface area contributed by atoms with Crippen LogP contribution in [0.2, 0.25) is 0 Å². The Balaban J connectivity index is 2.07. The number of aliphatic carboxylic acids is 1. The summed E-state index contributed by atoms with van der Waals surface area (Å²) < 4.78 is 35.7. The third-order valence-corrected chi connectivity index (χ3v) is 5.46. The SMILES string of the molecule is O=C(O)COc1ccccc1-n1ccs/c1=N\S(=O)(=O)c1ccccc1. The van der Waals surface area contributed by atoms with Crippen LogP contribution >= 0.6 is 11.3 Å². The number of carboxylic acid groups (broad SMARTS) is 1. The van der Waals surface area contributed by atoms with Crippen molar-refractivity contribution in [2.24, 2.45) is 4.40 Å². The molecule has 3 rings (SSSR count). The summed E-state index contributed by atoms with van der Waals surface area (Å²) in [5.41, 5.74) is 0.497. The Kier molecular flexibility index (Phi) is 5.19. The van der Waals surface area contributed by atoms with Crippen molar-refractivity contribution in [3.8, 4) is 11.4 Å². The first-order valence-electron chi connectivity index (χ1n) is 7.43. The lowest BCUT2D eigenvalue weighted by Crippen LogP contribution is -2.17. The molecule has 0 aliphatic carbocycles. The molecular formula is C17H14N2O5S2. The number of hydrogen-bond acceptors (Lipinski definition) is 5. The molecule has 1 aromatic heterocycles. The fourth-order valence-electron chi connectivity index (χ4n) is 2.19. The summed E-state index contributed by atoms with van der Waals surface area (Å²) >= 11 is 1.14. The van der Waals surface area contributed by atoms with Gasteiger partial charge in [-0.3, -0.25) is 4.57 Å². The van der Waals surface area contributed by atoms with Crippen LogP contribution in [0.15, 0.2) is 75.5 Å². The van der Waals surface area contributed by atoms with Crippen LogP contribution in [0.25, 0.3) is 5.69 Å². The number of benzene rings is 2. The highest BCUT2D eigenvalue weighted by Crippen LogP contribution is 2.22. The van der Waals surface area contributed by atoms with Crippen molar-refractivity contribution in [2.75, 3.05) is 6.61 Å². The average Bonchev–Trinajstić information content (AvgIpc) is 3.08. The highest BCUT2D eigenvalue weighted by molar-refractivity contribution is 7.90. The number of sulfonamides is 1. The molecular weight excluding hydrogens is 376 g/mol. The molecule has 3 aromatic rings. The summed E-state index contributed by atoms with van der Waals surface area (Å²) in [6, 6.07) is 14.7. The van der Waals surface area contributed by atoms with Crippen molar-refractivity contribution in [1.29, 1.82) is 0 Å². The Morgan fingerprint density at radius 1 is 1.12 bits per heavy atom. The fourth-order valence-corrected chi connectivity index (χ4v) is 4.13. The lowest BCUT2D eigenvalue weighted by atomic mass is 10.3. The van der Waals surface area contributed by atoms with Gasteiger partial charge in [0.1, 0.15) is 5.75 Å². The van der Waals surface area contributed by atoms with E-state index < -0.39 is 22.6 Å². The van der Waals surface area contributed by atoms with Gasteiger partial charge in [-0.25, -0.2) is 4.79 Å². The average molecular weight is 390 g/mol. The first-order valence-corrected chi connectivity index (χ1v) is 9.75. The van der Waals surface area contributed by atoms with E-state index >= 15 is 0 Å². The van der Waals surface area contributed by atoms with Gasteiger partial charge in [0.15, 0.2) is 6.61 Å². The van der Waals surface area contributed by atoms with Gasteiger partial charge >= 0.3 is 5.97 Å². The van der Waals surface area contributed by atoms with Crippen LogP contribution in [0.1, 0.15) is 0 Å². The molecule has 2 aromatic carbocycles. The number of nitrogens with zero attached hydrogens (tertiary/aromatic N) is 2. The predicted octanol–water partition coefficient (Wildman–Crippen LogP) is 2.29. The number of hydrogen-bond donors (Lipinski definition) is 1. The lowest BCUT2D eigenvalue weighted by molar-refractivity contribution is -0.139. The van der Waals surface area contributed by atoms with Gasteiger partial charge < -0.3 is 9.84 Å². The summed E-state index contributed by atoms with van der Waals surface area (Å²) in [5, 5.41) is 10.5. The molecule has 0 spiro atoms. The Labute approximate surface area is 153 Å². The van der Waals surface area contributed by atoms with Gasteiger partial charge in [0.25, 0.3) is 10.0 Å². The molecule has 0 atom stereocenters. The normalized spacial score (nSPS) is 12.1. The highest BCUT2D eigenvalue weighted by Gasteiger charge is 2.14. The minimum atomic E-state index is -3.87. The Bertz CT molecular complexity index is 1090. The second-order valence-electron chi connectivity index (χ2n) is 5.09. The maximum absolute atomic E-state index is 12.5. The molecule has 0 unspecified atom stereocenters. The first-order chi connectivity index (χ1) is 12.5. The molecule has 0 bridgehead atoms. The van der Waals surface area contributed by atoms with Crippen molar-refractivity contribution in [2.45, 2.75) is 4.90 Å². The largest absolute Gasteiger partial charge is 0.480 e. The second kappa shape index (κ2) is 7.54. The third kappa shape index (κ3) is 4.01. The molecule has 0 aliphatic rings. The molecule has 0 radical (unpaired) electrons. The standard InChI is InChI=1S/C17H14N2O5S2/c20-16(21)12-24-15-9-5-4-8-14(15)19-10-11-25-17(19)18-26(22,23)13-6-2-1-3-7-13/h1-11H,12H2,(H,20,21)/b18-17-. The smallest absolute Gasteiger partial charge is 0.341 e. The van der Waals surface area contributed by atoms with Crippen LogP contribution in [0.3, 0.4) is 0 Å². The molecule has 1 heterocycles. The molecule has 0 aliphatic heterocycles. The van der Waals surface area contributed by atoms with E-state index in [2.05, 4.69) is 4.40 Å². The topological polar surface area (TPSA) is 98.0 Å². The molecule has 134 valence electrons. The number of ether oxygens (including phenoxy) is 1. The second-order valence-corrected chi connectivity index (χ2v) is 7.56. The maximum atomic E-state index is 12.5. The summed E-state index contributed by atoms with van der Waals surface area (Å²) in [6.45, 7) is -0.503. The molecule has 26 heavy (non-hydrogen) atoms. The Hall–Kier alpha value is -2.91. The predicted molar refractivity (Wildman–Crippen MR) is 96.0 cm³/mol. The zero-order chi connectivity index (χ0) is 18.6. The molecule has 0 fully saturated rings. The number of para-hydroxylation sites is 2. The minimum Gasteiger partial charge on any atom is -0.480 e. The van der Waals surface area contributed by atoms with Gasteiger partial charge in [-0.15, -0.1) is 15.7 Å². The molecule has 1 N–H and O–H groups in total. The van der Waals surface area contributed by atoms with Gasteiger partial charge in [0, 0.05) is 11.6 Å². The summed E-state index contributed by atoms with van der Waals surface area (Å²) in [6.07, 6.45) is 1.65. The number of thiazole rings is 1. The van der Waals surface area contributed by atoms with Gasteiger partial charge in [-0.2, -0.15) is 8.42 Å². The quantitative estimate of drug-likeness (QED) is 0.696. The van der Waals surface area contributed by atoms with E-state index in [1.165, 1.54) is 12.1 Å². The van der Waals surface area contributed by atoms with E-state index in [4.69, 9.17) is 9.84 Å². The van der Waals surface area contributed by atoms with Gasteiger partial charge in [-0.05, 0) is 24.3 Å². The summed E-state index contributed by atoms with van der Waals surface area (Å²) in [5.74, 6) is -0.793. The van der Waals surface area contributed by atoms with Crippen molar-refractivity contribution < 1.29 is 23.1 Å². The van der Waals surface area contributed by atoms with Crippen molar-refractivity contribution in [3.05, 3.63) is 71.0 Å². The van der Waals surface area contributed by atoms with Crippen LogP contribution in [-0.4, -0.2) is 30.7 Å². The lowest BCUT2D eigenvalue weighted by Gasteiger charge is -2.10. The Morgan fingerprint density at radius 2 is 1.81 bits per heavy atom. The van der Waals surface area contributed by atoms with E-state index in [-0.39, 0.29) is 9.70 Å². The monoisotopic (exact) mass is 390 g/mol. The number of carboxylic acids is 1. The van der Waals surface area contributed by atoms with E-state index in [9.17, 15) is 13.2 Å². The van der Waals surface area contributed by atoms with Crippen LogP contribution in [0.4, 0.5) is 0 Å². The molecule has 0 amide bonds. The van der Waals surface area contributed by atoms with Gasteiger partial charge in [0.05, 0.1) is 10.6 Å². The van der Waals surface area contributed by atoms with Gasteiger partial charge in [-0.1, -0.05) is 30.3 Å². The van der Waals surface area contributed by atoms with Crippen LogP contribution in [0, 0.1) is 0 Å². The van der Waals surface area contributed by atoms with Crippen LogP contribution in [-0.2, 0) is 14.8 Å². The van der Waals surface area contributed by atoms with Crippen LogP contribution < -0.4 is 9.54 Å². The minimum absolute atomic E-state index is 0.0929. The zero-order valence-corrected chi connectivity index (χ0v) is 15.0. The third-order valence-electron chi connectivity index (χ3n) is 3.30. The van der Waals surface area contributed by atoms with Gasteiger partial charge in [0.2, 0.25) is 4.80 Å². The van der Waals surface area contributed by atoms with E-state index in [0.29, 0.717) is 11.4 Å². The zero-order valence-electron chi connectivity index (χ0n) is 13.3. The van der Waals surface area contributed by atoms with Crippen molar-refractivity contribution >= 4 is 27.3 Å². The molecule has 7 nitrogen and oxygen atoms in total. The molecule has 0 saturated carbocycles. The maximum Gasteiger partial charge on any atom is 0.341 e. The van der Waals surface area contributed by atoms with Crippen molar-refractivity contribution in [1.82, 2.24) is 4.57 Å². The highest BCUT2D eigenvalue weighted by atomic mass is 32.2. The van der Waals surface area contributed by atoms with E-state index in [1.54, 1.807) is 58.6 Å².